The molecule has 0 saturated heterocycles. The number of anilines is 1. The van der Waals surface area contributed by atoms with Gasteiger partial charge < -0.3 is 15.8 Å². The SMILES string of the molecule is CCOCC(NC(=O)c1nn(CC)cc1N)C(C)C. The van der Waals surface area contributed by atoms with E-state index < -0.39 is 0 Å². The fourth-order valence-corrected chi connectivity index (χ4v) is 1.66. The summed E-state index contributed by atoms with van der Waals surface area (Å²) in [5.41, 5.74) is 6.48. The quantitative estimate of drug-likeness (QED) is 0.780. The summed E-state index contributed by atoms with van der Waals surface area (Å²) < 4.78 is 7.03. The number of amides is 1. The van der Waals surface area contributed by atoms with Gasteiger partial charge in [-0.3, -0.25) is 9.48 Å². The van der Waals surface area contributed by atoms with Gasteiger partial charge in [-0.25, -0.2) is 0 Å². The smallest absolute Gasteiger partial charge is 0.274 e. The standard InChI is InChI=1S/C13H24N4O2/c1-5-17-7-10(14)12(16-17)13(18)15-11(9(3)4)8-19-6-2/h7,9,11H,5-6,8,14H2,1-4H3,(H,15,18). The number of hydrogen-bond donors (Lipinski definition) is 2. The van der Waals surface area contributed by atoms with Gasteiger partial charge in [-0.1, -0.05) is 13.8 Å². The van der Waals surface area contributed by atoms with Crippen molar-refractivity contribution < 1.29 is 9.53 Å². The molecule has 1 unspecified atom stereocenters. The third-order valence-corrected chi connectivity index (χ3v) is 2.95. The first-order valence-electron chi connectivity index (χ1n) is 6.71. The number of nitrogens with two attached hydrogens (primary N) is 1. The number of hydrogen-bond acceptors (Lipinski definition) is 4. The van der Waals surface area contributed by atoms with E-state index >= 15 is 0 Å². The topological polar surface area (TPSA) is 82.2 Å². The molecule has 0 aliphatic carbocycles. The third kappa shape index (κ3) is 4.24. The molecule has 1 amide bonds. The van der Waals surface area contributed by atoms with Gasteiger partial charge in [0.1, 0.15) is 0 Å². The summed E-state index contributed by atoms with van der Waals surface area (Å²) in [4.78, 5) is 12.2. The van der Waals surface area contributed by atoms with Crippen molar-refractivity contribution in [3.63, 3.8) is 0 Å². The second-order valence-corrected chi connectivity index (χ2v) is 4.77. The lowest BCUT2D eigenvalue weighted by atomic mass is 10.1. The molecule has 0 spiro atoms. The minimum atomic E-state index is -0.247. The fraction of sp³-hybridized carbons (Fsp3) is 0.692. The maximum atomic E-state index is 12.2. The van der Waals surface area contributed by atoms with Gasteiger partial charge in [0.25, 0.3) is 5.91 Å². The minimum Gasteiger partial charge on any atom is -0.396 e. The summed E-state index contributed by atoms with van der Waals surface area (Å²) in [5.74, 6) is 0.0353. The zero-order valence-corrected chi connectivity index (χ0v) is 12.1. The van der Waals surface area contributed by atoms with E-state index in [9.17, 15) is 4.79 Å². The highest BCUT2D eigenvalue weighted by molar-refractivity contribution is 5.97. The van der Waals surface area contributed by atoms with Crippen molar-refractivity contribution in [1.29, 1.82) is 0 Å². The van der Waals surface area contributed by atoms with Crippen molar-refractivity contribution in [2.45, 2.75) is 40.3 Å². The maximum absolute atomic E-state index is 12.2. The van der Waals surface area contributed by atoms with Crippen LogP contribution in [0.4, 0.5) is 5.69 Å². The lowest BCUT2D eigenvalue weighted by molar-refractivity contribution is 0.0802. The maximum Gasteiger partial charge on any atom is 0.274 e. The number of carbonyl (C=O) groups excluding carboxylic acids is 1. The molecule has 0 aromatic carbocycles. The number of aryl methyl sites for hydroxylation is 1. The van der Waals surface area contributed by atoms with Gasteiger partial charge in [0.2, 0.25) is 0 Å². The zero-order valence-electron chi connectivity index (χ0n) is 12.1. The Morgan fingerprint density at radius 2 is 2.21 bits per heavy atom. The number of aromatic nitrogens is 2. The van der Waals surface area contributed by atoms with Gasteiger partial charge in [-0.15, -0.1) is 0 Å². The second-order valence-electron chi connectivity index (χ2n) is 4.77. The average molecular weight is 268 g/mol. The normalized spacial score (nSPS) is 12.7. The van der Waals surface area contributed by atoms with Crippen molar-refractivity contribution in [1.82, 2.24) is 15.1 Å². The van der Waals surface area contributed by atoms with Crippen LogP contribution in [0.5, 0.6) is 0 Å². The predicted octanol–water partition coefficient (Wildman–Crippen LogP) is 1.28. The predicted molar refractivity (Wildman–Crippen MR) is 74.9 cm³/mol. The highest BCUT2D eigenvalue weighted by atomic mass is 16.5. The van der Waals surface area contributed by atoms with Gasteiger partial charge in [0, 0.05) is 19.3 Å². The second kappa shape index (κ2) is 7.13. The Morgan fingerprint density at radius 1 is 1.53 bits per heavy atom. The van der Waals surface area contributed by atoms with Crippen molar-refractivity contribution in [3.8, 4) is 0 Å². The van der Waals surface area contributed by atoms with Gasteiger partial charge in [0.15, 0.2) is 5.69 Å². The number of rotatable bonds is 7. The number of nitrogen functional groups attached to an aromatic ring is 1. The molecule has 1 aromatic rings. The van der Waals surface area contributed by atoms with E-state index in [4.69, 9.17) is 10.5 Å². The van der Waals surface area contributed by atoms with E-state index in [2.05, 4.69) is 10.4 Å². The van der Waals surface area contributed by atoms with E-state index in [0.29, 0.717) is 25.4 Å². The molecule has 1 aromatic heterocycles. The monoisotopic (exact) mass is 268 g/mol. The molecular weight excluding hydrogens is 244 g/mol. The molecule has 0 radical (unpaired) electrons. The van der Waals surface area contributed by atoms with Crippen LogP contribution < -0.4 is 11.1 Å². The number of nitrogens with zero attached hydrogens (tertiary/aromatic N) is 2. The first-order chi connectivity index (χ1) is 8.99. The van der Waals surface area contributed by atoms with E-state index in [1.165, 1.54) is 0 Å². The third-order valence-electron chi connectivity index (χ3n) is 2.95. The van der Waals surface area contributed by atoms with Crippen molar-refractivity contribution in [3.05, 3.63) is 11.9 Å². The molecule has 19 heavy (non-hydrogen) atoms. The van der Waals surface area contributed by atoms with Crippen LogP contribution in [0.1, 0.15) is 38.2 Å². The summed E-state index contributed by atoms with van der Waals surface area (Å²) in [6.07, 6.45) is 1.67. The Bertz CT molecular complexity index is 415. The highest BCUT2D eigenvalue weighted by Crippen LogP contribution is 2.10. The van der Waals surface area contributed by atoms with Crippen molar-refractivity contribution >= 4 is 11.6 Å². The first kappa shape index (κ1) is 15.5. The summed E-state index contributed by atoms with van der Waals surface area (Å²) in [5, 5.41) is 7.09. The molecule has 3 N–H and O–H groups in total. The molecule has 6 nitrogen and oxygen atoms in total. The van der Waals surface area contributed by atoms with Gasteiger partial charge in [-0.05, 0) is 19.8 Å². The largest absolute Gasteiger partial charge is 0.396 e. The Morgan fingerprint density at radius 3 is 2.68 bits per heavy atom. The van der Waals surface area contributed by atoms with Gasteiger partial charge in [0.05, 0.1) is 18.3 Å². The van der Waals surface area contributed by atoms with Crippen molar-refractivity contribution in [2.24, 2.45) is 5.92 Å². The van der Waals surface area contributed by atoms with E-state index in [0.717, 1.165) is 0 Å². The zero-order chi connectivity index (χ0) is 14.4. The van der Waals surface area contributed by atoms with E-state index in [1.807, 2.05) is 27.7 Å². The lowest BCUT2D eigenvalue weighted by Crippen LogP contribution is -2.42. The molecule has 0 bridgehead atoms. The molecular formula is C13H24N4O2. The van der Waals surface area contributed by atoms with Crippen LogP contribution in [0.15, 0.2) is 6.20 Å². The molecule has 1 rings (SSSR count). The minimum absolute atomic E-state index is 0.0429. The highest BCUT2D eigenvalue weighted by Gasteiger charge is 2.20. The number of ether oxygens (including phenoxy) is 1. The Kier molecular flexibility index (Phi) is 5.82. The Hall–Kier alpha value is -1.56. The molecule has 0 aliphatic heterocycles. The fourth-order valence-electron chi connectivity index (χ4n) is 1.66. The summed E-state index contributed by atoms with van der Waals surface area (Å²) in [6, 6.07) is -0.0429. The van der Waals surface area contributed by atoms with Crippen molar-refractivity contribution in [2.75, 3.05) is 18.9 Å². The molecule has 0 saturated carbocycles. The molecule has 1 heterocycles. The lowest BCUT2D eigenvalue weighted by Gasteiger charge is -2.21. The van der Waals surface area contributed by atoms with Crippen LogP contribution in [0.25, 0.3) is 0 Å². The molecule has 108 valence electrons. The number of carbonyl (C=O) groups is 1. The molecule has 0 aliphatic rings. The van der Waals surface area contributed by atoms with Gasteiger partial charge >= 0.3 is 0 Å². The van der Waals surface area contributed by atoms with E-state index in [-0.39, 0.29) is 23.6 Å². The summed E-state index contributed by atoms with van der Waals surface area (Å²) >= 11 is 0. The Labute approximate surface area is 114 Å². The van der Waals surface area contributed by atoms with Crippen LogP contribution in [-0.2, 0) is 11.3 Å². The van der Waals surface area contributed by atoms with Crippen LogP contribution in [0.2, 0.25) is 0 Å². The first-order valence-corrected chi connectivity index (χ1v) is 6.71. The Balaban J connectivity index is 2.72. The molecule has 6 heteroatoms. The molecule has 0 fully saturated rings. The summed E-state index contributed by atoms with van der Waals surface area (Å²) in [6.45, 7) is 9.76. The van der Waals surface area contributed by atoms with E-state index in [1.54, 1.807) is 10.9 Å². The van der Waals surface area contributed by atoms with Crippen LogP contribution >= 0.6 is 0 Å². The number of nitrogens with one attached hydrogen (secondary N) is 1. The van der Waals surface area contributed by atoms with Crippen LogP contribution in [0.3, 0.4) is 0 Å². The van der Waals surface area contributed by atoms with Gasteiger partial charge in [-0.2, -0.15) is 5.10 Å². The summed E-state index contributed by atoms with van der Waals surface area (Å²) in [7, 11) is 0. The van der Waals surface area contributed by atoms with Crippen LogP contribution in [0, 0.1) is 5.92 Å². The van der Waals surface area contributed by atoms with Crippen LogP contribution in [-0.4, -0.2) is 34.9 Å². The average Bonchev–Trinajstić information content (AvgIpc) is 2.75. The molecule has 1 atom stereocenters.